The molecule has 0 aliphatic rings. The van der Waals surface area contributed by atoms with Crippen molar-refractivity contribution in [3.05, 3.63) is 29.8 Å². The van der Waals surface area contributed by atoms with Gasteiger partial charge in [-0.3, -0.25) is 0 Å². The van der Waals surface area contributed by atoms with Crippen LogP contribution in [-0.4, -0.2) is 38.5 Å². The molecule has 1 rings (SSSR count). The van der Waals surface area contributed by atoms with Gasteiger partial charge < -0.3 is 5.73 Å². The highest BCUT2D eigenvalue weighted by Crippen LogP contribution is 2.22. The number of hydrogen-bond acceptors (Lipinski definition) is 3. The minimum absolute atomic E-state index is 0.171. The van der Waals surface area contributed by atoms with Crippen molar-refractivity contribution in [1.29, 1.82) is 0 Å². The molecule has 8 heteroatoms. The highest BCUT2D eigenvalue weighted by atomic mass is 32.2. The van der Waals surface area contributed by atoms with E-state index in [9.17, 15) is 21.6 Å². The molecule has 0 spiro atoms. The molecule has 0 unspecified atom stereocenters. The van der Waals surface area contributed by atoms with Crippen LogP contribution >= 0.6 is 0 Å². The van der Waals surface area contributed by atoms with Gasteiger partial charge in [-0.25, -0.2) is 8.42 Å². The monoisotopic (exact) mass is 296 g/mol. The summed E-state index contributed by atoms with van der Waals surface area (Å²) in [5.41, 5.74) is 5.99. The molecule has 0 saturated heterocycles. The number of aryl methyl sites for hydroxylation is 1. The predicted molar refractivity (Wildman–Crippen MR) is 65.0 cm³/mol. The van der Waals surface area contributed by atoms with E-state index in [0.29, 0.717) is 4.31 Å². The Bertz CT molecular complexity index is 512. The van der Waals surface area contributed by atoms with Crippen LogP contribution in [0.2, 0.25) is 0 Å². The Hall–Kier alpha value is -1.12. The standard InChI is InChI=1S/C11H15F3N2O2S/c1-9-2-4-10(5-3-9)19(17,18)16(7-6-15)8-11(12,13)14/h2-5H,6-8,15H2,1H3. The van der Waals surface area contributed by atoms with Crippen LogP contribution in [0.5, 0.6) is 0 Å². The molecule has 0 bridgehead atoms. The fourth-order valence-corrected chi connectivity index (χ4v) is 2.93. The number of sulfonamides is 1. The molecule has 0 saturated carbocycles. The molecule has 1 aromatic carbocycles. The molecule has 0 amide bonds. The van der Waals surface area contributed by atoms with Crippen molar-refractivity contribution >= 4 is 10.0 Å². The van der Waals surface area contributed by atoms with Crippen molar-refractivity contribution in [2.75, 3.05) is 19.6 Å². The highest BCUT2D eigenvalue weighted by Gasteiger charge is 2.36. The highest BCUT2D eigenvalue weighted by molar-refractivity contribution is 7.89. The fraction of sp³-hybridized carbons (Fsp3) is 0.455. The normalized spacial score (nSPS) is 12.9. The molecule has 0 aliphatic carbocycles. The summed E-state index contributed by atoms with van der Waals surface area (Å²) < 4.78 is 61.7. The van der Waals surface area contributed by atoms with Crippen LogP contribution < -0.4 is 5.73 Å². The number of hydrogen-bond donors (Lipinski definition) is 1. The summed E-state index contributed by atoms with van der Waals surface area (Å²) >= 11 is 0. The molecule has 2 N–H and O–H groups in total. The quantitative estimate of drug-likeness (QED) is 0.895. The molecular weight excluding hydrogens is 281 g/mol. The summed E-state index contributed by atoms with van der Waals surface area (Å²) in [6, 6.07) is 5.62. The van der Waals surface area contributed by atoms with Crippen LogP contribution in [0.15, 0.2) is 29.2 Å². The third-order valence-electron chi connectivity index (χ3n) is 2.39. The van der Waals surface area contributed by atoms with Crippen molar-refractivity contribution in [3.63, 3.8) is 0 Å². The SMILES string of the molecule is Cc1ccc(S(=O)(=O)N(CCN)CC(F)(F)F)cc1. The summed E-state index contributed by atoms with van der Waals surface area (Å²) in [7, 11) is -4.18. The summed E-state index contributed by atoms with van der Waals surface area (Å²) in [5.74, 6) is 0. The topological polar surface area (TPSA) is 63.4 Å². The largest absolute Gasteiger partial charge is 0.402 e. The van der Waals surface area contributed by atoms with E-state index < -0.39 is 22.7 Å². The summed E-state index contributed by atoms with van der Waals surface area (Å²) in [6.07, 6.45) is -4.60. The molecule has 0 atom stereocenters. The van der Waals surface area contributed by atoms with E-state index in [4.69, 9.17) is 5.73 Å². The van der Waals surface area contributed by atoms with Crippen molar-refractivity contribution < 1.29 is 21.6 Å². The van der Waals surface area contributed by atoms with Gasteiger partial charge in [0.1, 0.15) is 6.54 Å². The van der Waals surface area contributed by atoms with Crippen LogP contribution in [0.1, 0.15) is 5.56 Å². The average Bonchev–Trinajstić information content (AvgIpc) is 2.27. The van der Waals surface area contributed by atoms with Gasteiger partial charge in [-0.15, -0.1) is 0 Å². The Balaban J connectivity index is 3.09. The first-order valence-electron chi connectivity index (χ1n) is 5.50. The van der Waals surface area contributed by atoms with Crippen LogP contribution in [0.3, 0.4) is 0 Å². The predicted octanol–water partition coefficient (Wildman–Crippen LogP) is 1.51. The lowest BCUT2D eigenvalue weighted by Gasteiger charge is -2.22. The van der Waals surface area contributed by atoms with E-state index in [1.807, 2.05) is 0 Å². The zero-order chi connectivity index (χ0) is 14.7. The third-order valence-corrected chi connectivity index (χ3v) is 4.25. The lowest BCUT2D eigenvalue weighted by atomic mass is 10.2. The molecule has 108 valence electrons. The third kappa shape index (κ3) is 4.48. The van der Waals surface area contributed by atoms with Crippen molar-refractivity contribution in [1.82, 2.24) is 4.31 Å². The summed E-state index contributed by atoms with van der Waals surface area (Å²) in [4.78, 5) is -0.171. The smallest absolute Gasteiger partial charge is 0.329 e. The fourth-order valence-electron chi connectivity index (χ4n) is 1.49. The van der Waals surface area contributed by atoms with E-state index in [1.165, 1.54) is 24.3 Å². The maximum Gasteiger partial charge on any atom is 0.402 e. The number of nitrogens with two attached hydrogens (primary N) is 1. The van der Waals surface area contributed by atoms with Crippen LogP contribution in [0.25, 0.3) is 0 Å². The summed E-state index contributed by atoms with van der Waals surface area (Å²) in [5, 5.41) is 0. The average molecular weight is 296 g/mol. The Morgan fingerprint density at radius 1 is 1.21 bits per heavy atom. The first-order valence-corrected chi connectivity index (χ1v) is 6.94. The van der Waals surface area contributed by atoms with Crippen LogP contribution in [-0.2, 0) is 10.0 Å². The van der Waals surface area contributed by atoms with Crippen LogP contribution in [0, 0.1) is 6.92 Å². The Labute approximate surface area is 110 Å². The van der Waals surface area contributed by atoms with Gasteiger partial charge in [0, 0.05) is 13.1 Å². The second-order valence-electron chi connectivity index (χ2n) is 4.06. The maximum absolute atomic E-state index is 12.4. The molecule has 1 aromatic rings. The number of benzene rings is 1. The summed E-state index contributed by atoms with van der Waals surface area (Å²) in [6.45, 7) is -0.346. The maximum atomic E-state index is 12.4. The van der Waals surface area contributed by atoms with Crippen LogP contribution in [0.4, 0.5) is 13.2 Å². The number of halogens is 3. The molecule has 0 aliphatic heterocycles. The zero-order valence-electron chi connectivity index (χ0n) is 10.3. The van der Waals surface area contributed by atoms with Gasteiger partial charge in [-0.1, -0.05) is 17.7 Å². The number of alkyl halides is 3. The molecule has 0 fully saturated rings. The number of nitrogens with zero attached hydrogens (tertiary/aromatic N) is 1. The Morgan fingerprint density at radius 2 is 1.74 bits per heavy atom. The number of rotatable bonds is 5. The lowest BCUT2D eigenvalue weighted by Crippen LogP contribution is -2.41. The Kier molecular flexibility index (Phi) is 4.94. The lowest BCUT2D eigenvalue weighted by molar-refractivity contribution is -0.136. The van der Waals surface area contributed by atoms with Gasteiger partial charge in [-0.2, -0.15) is 17.5 Å². The molecular formula is C11H15F3N2O2S. The van der Waals surface area contributed by atoms with E-state index in [1.54, 1.807) is 6.92 Å². The minimum atomic E-state index is -4.60. The molecule has 0 aromatic heterocycles. The van der Waals surface area contributed by atoms with Crippen molar-refractivity contribution in [2.24, 2.45) is 5.73 Å². The first-order chi connectivity index (χ1) is 8.66. The first kappa shape index (κ1) is 15.9. The van der Waals surface area contributed by atoms with E-state index >= 15 is 0 Å². The van der Waals surface area contributed by atoms with Crippen molar-refractivity contribution in [2.45, 2.75) is 18.0 Å². The Morgan fingerprint density at radius 3 is 2.16 bits per heavy atom. The molecule has 0 radical (unpaired) electrons. The second kappa shape index (κ2) is 5.89. The second-order valence-corrected chi connectivity index (χ2v) is 5.99. The zero-order valence-corrected chi connectivity index (χ0v) is 11.1. The van der Waals surface area contributed by atoms with Gasteiger partial charge >= 0.3 is 6.18 Å². The van der Waals surface area contributed by atoms with Gasteiger partial charge in [0.15, 0.2) is 0 Å². The van der Waals surface area contributed by atoms with E-state index in [-0.39, 0.29) is 18.0 Å². The van der Waals surface area contributed by atoms with Gasteiger partial charge in [-0.05, 0) is 19.1 Å². The molecule has 4 nitrogen and oxygen atoms in total. The van der Waals surface area contributed by atoms with E-state index in [2.05, 4.69) is 0 Å². The van der Waals surface area contributed by atoms with Crippen molar-refractivity contribution in [3.8, 4) is 0 Å². The van der Waals surface area contributed by atoms with Gasteiger partial charge in [0.05, 0.1) is 4.90 Å². The van der Waals surface area contributed by atoms with Gasteiger partial charge in [0.25, 0.3) is 0 Å². The molecule has 19 heavy (non-hydrogen) atoms. The minimum Gasteiger partial charge on any atom is -0.329 e. The van der Waals surface area contributed by atoms with E-state index in [0.717, 1.165) is 5.56 Å². The van der Waals surface area contributed by atoms with Gasteiger partial charge in [0.2, 0.25) is 10.0 Å². The molecule has 0 heterocycles.